The molecule has 1 aliphatic heterocycles. The molecule has 1 saturated heterocycles. The highest BCUT2D eigenvalue weighted by Gasteiger charge is 2.17. The first kappa shape index (κ1) is 12.1. The molecule has 2 heterocycles. The summed E-state index contributed by atoms with van der Waals surface area (Å²) in [7, 11) is 0. The van der Waals surface area contributed by atoms with Gasteiger partial charge in [0.2, 0.25) is 0 Å². The Hall–Kier alpha value is -1.36. The molecule has 1 fully saturated rings. The quantitative estimate of drug-likeness (QED) is 0.748. The van der Waals surface area contributed by atoms with E-state index in [1.54, 1.807) is 10.9 Å². The van der Waals surface area contributed by atoms with Crippen molar-refractivity contribution < 1.29 is 14.3 Å². The van der Waals surface area contributed by atoms with E-state index < -0.39 is 0 Å². The zero-order chi connectivity index (χ0) is 12.1. The Morgan fingerprint density at radius 3 is 3.18 bits per heavy atom. The van der Waals surface area contributed by atoms with Gasteiger partial charge in [0.05, 0.1) is 17.9 Å². The van der Waals surface area contributed by atoms with Gasteiger partial charge in [-0.25, -0.2) is 4.79 Å². The summed E-state index contributed by atoms with van der Waals surface area (Å²) in [5.74, 6) is -0.320. The molecule has 5 nitrogen and oxygen atoms in total. The molecule has 0 aliphatic carbocycles. The first-order valence-electron chi connectivity index (χ1n) is 6.10. The van der Waals surface area contributed by atoms with Crippen molar-refractivity contribution in [3.05, 3.63) is 18.0 Å². The van der Waals surface area contributed by atoms with Gasteiger partial charge >= 0.3 is 5.97 Å². The lowest BCUT2D eigenvalue weighted by molar-refractivity contribution is -0.0300. The zero-order valence-corrected chi connectivity index (χ0v) is 10.1. The van der Waals surface area contributed by atoms with Crippen molar-refractivity contribution >= 4 is 5.97 Å². The second-order valence-electron chi connectivity index (χ2n) is 4.17. The minimum Gasteiger partial charge on any atom is -0.459 e. The molecule has 1 aliphatic rings. The van der Waals surface area contributed by atoms with E-state index >= 15 is 0 Å². The van der Waals surface area contributed by atoms with E-state index in [1.165, 1.54) is 6.20 Å². The Bertz CT molecular complexity index is 370. The molecule has 0 saturated carbocycles. The highest BCUT2D eigenvalue weighted by Crippen LogP contribution is 2.13. The average molecular weight is 238 g/mol. The van der Waals surface area contributed by atoms with Crippen molar-refractivity contribution in [1.29, 1.82) is 0 Å². The van der Waals surface area contributed by atoms with E-state index in [1.807, 2.05) is 6.92 Å². The molecule has 1 atom stereocenters. The van der Waals surface area contributed by atoms with Crippen molar-refractivity contribution in [2.45, 2.75) is 38.8 Å². The largest absolute Gasteiger partial charge is 0.459 e. The van der Waals surface area contributed by atoms with Crippen LogP contribution in [0.25, 0.3) is 0 Å². The van der Waals surface area contributed by atoms with Crippen LogP contribution in [0.15, 0.2) is 12.4 Å². The minimum atomic E-state index is -0.320. The van der Waals surface area contributed by atoms with Crippen LogP contribution in [-0.2, 0) is 16.0 Å². The third-order valence-corrected chi connectivity index (χ3v) is 2.87. The second kappa shape index (κ2) is 5.82. The third-order valence-electron chi connectivity index (χ3n) is 2.87. The van der Waals surface area contributed by atoms with Gasteiger partial charge in [0.15, 0.2) is 0 Å². The summed E-state index contributed by atoms with van der Waals surface area (Å²) >= 11 is 0. The number of hydrogen-bond donors (Lipinski definition) is 0. The lowest BCUT2D eigenvalue weighted by Crippen LogP contribution is -2.25. The monoisotopic (exact) mass is 238 g/mol. The van der Waals surface area contributed by atoms with Crippen LogP contribution in [0.1, 0.15) is 36.5 Å². The number of hydrogen-bond acceptors (Lipinski definition) is 4. The molecule has 0 radical (unpaired) electrons. The lowest BCUT2D eigenvalue weighted by Gasteiger charge is -2.21. The van der Waals surface area contributed by atoms with Crippen LogP contribution in [0.4, 0.5) is 0 Å². The van der Waals surface area contributed by atoms with E-state index in [0.717, 1.165) is 32.4 Å². The summed E-state index contributed by atoms with van der Waals surface area (Å²) in [4.78, 5) is 11.7. The van der Waals surface area contributed by atoms with Crippen molar-refractivity contribution in [2.75, 3.05) is 13.2 Å². The molecule has 1 aromatic rings. The van der Waals surface area contributed by atoms with Gasteiger partial charge < -0.3 is 9.47 Å². The second-order valence-corrected chi connectivity index (χ2v) is 4.17. The van der Waals surface area contributed by atoms with E-state index in [0.29, 0.717) is 12.2 Å². The number of esters is 1. The smallest absolute Gasteiger partial charge is 0.341 e. The van der Waals surface area contributed by atoms with Gasteiger partial charge in [0.25, 0.3) is 0 Å². The van der Waals surface area contributed by atoms with Crippen LogP contribution >= 0.6 is 0 Å². The van der Waals surface area contributed by atoms with Crippen molar-refractivity contribution in [3.8, 4) is 0 Å². The van der Waals surface area contributed by atoms with Gasteiger partial charge in [-0.1, -0.05) is 0 Å². The molecule has 0 aromatic carbocycles. The zero-order valence-electron chi connectivity index (χ0n) is 10.1. The van der Waals surface area contributed by atoms with E-state index in [2.05, 4.69) is 5.10 Å². The highest BCUT2D eigenvalue weighted by atomic mass is 16.6. The maximum Gasteiger partial charge on any atom is 0.341 e. The molecule has 5 heteroatoms. The molecule has 17 heavy (non-hydrogen) atoms. The first-order valence-corrected chi connectivity index (χ1v) is 6.10. The number of carbonyl (C=O) groups is 1. The fraction of sp³-hybridized carbons (Fsp3) is 0.667. The molecule has 94 valence electrons. The number of carbonyl (C=O) groups excluding carboxylic acids is 1. The molecule has 0 spiro atoms. The van der Waals surface area contributed by atoms with Crippen LogP contribution in [0.2, 0.25) is 0 Å². The van der Waals surface area contributed by atoms with E-state index in [4.69, 9.17) is 9.47 Å². The van der Waals surface area contributed by atoms with Crippen molar-refractivity contribution in [3.63, 3.8) is 0 Å². The number of aromatic nitrogens is 2. The summed E-state index contributed by atoms with van der Waals surface area (Å²) in [5, 5.41) is 4.04. The van der Waals surface area contributed by atoms with E-state index in [9.17, 15) is 4.79 Å². The fourth-order valence-electron chi connectivity index (χ4n) is 1.83. The summed E-state index contributed by atoms with van der Waals surface area (Å²) in [5.41, 5.74) is 0.502. The van der Waals surface area contributed by atoms with Gasteiger partial charge in [0.1, 0.15) is 6.61 Å². The van der Waals surface area contributed by atoms with Crippen LogP contribution in [0, 0.1) is 0 Å². The number of ether oxygens (including phenoxy) is 2. The third kappa shape index (κ3) is 3.30. The minimum absolute atomic E-state index is 0.0638. The molecular weight excluding hydrogens is 220 g/mol. The Balaban J connectivity index is 1.80. The Morgan fingerprint density at radius 2 is 2.53 bits per heavy atom. The van der Waals surface area contributed by atoms with Crippen LogP contribution in [0.5, 0.6) is 0 Å². The number of aryl methyl sites for hydroxylation is 1. The van der Waals surface area contributed by atoms with Crippen LogP contribution in [-0.4, -0.2) is 35.1 Å². The van der Waals surface area contributed by atoms with Gasteiger partial charge in [-0.3, -0.25) is 4.68 Å². The van der Waals surface area contributed by atoms with Crippen molar-refractivity contribution in [2.24, 2.45) is 0 Å². The predicted octanol–water partition coefficient (Wildman–Crippen LogP) is 1.63. The van der Waals surface area contributed by atoms with Crippen LogP contribution < -0.4 is 0 Å². The first-order chi connectivity index (χ1) is 8.29. The predicted molar refractivity (Wildman–Crippen MR) is 61.8 cm³/mol. The maximum atomic E-state index is 11.7. The molecule has 1 unspecified atom stereocenters. The molecule has 0 bridgehead atoms. The molecule has 2 rings (SSSR count). The van der Waals surface area contributed by atoms with Gasteiger partial charge in [-0.05, 0) is 26.2 Å². The fourth-order valence-corrected chi connectivity index (χ4v) is 1.83. The summed E-state index contributed by atoms with van der Waals surface area (Å²) in [6, 6.07) is 0. The standard InChI is InChI=1S/C12H18N2O3/c1-2-14-8-10(7-13-14)12(15)17-9-11-5-3-4-6-16-11/h7-8,11H,2-6,9H2,1H3. The molecular formula is C12H18N2O3. The lowest BCUT2D eigenvalue weighted by atomic mass is 10.1. The highest BCUT2D eigenvalue weighted by molar-refractivity contribution is 5.88. The Kier molecular flexibility index (Phi) is 4.14. The van der Waals surface area contributed by atoms with Gasteiger partial charge in [-0.15, -0.1) is 0 Å². The topological polar surface area (TPSA) is 53.4 Å². The molecule has 0 amide bonds. The normalized spacial score (nSPS) is 20.2. The van der Waals surface area contributed by atoms with Crippen LogP contribution in [0.3, 0.4) is 0 Å². The van der Waals surface area contributed by atoms with Gasteiger partial charge in [0, 0.05) is 19.3 Å². The van der Waals surface area contributed by atoms with Crippen molar-refractivity contribution in [1.82, 2.24) is 9.78 Å². The summed E-state index contributed by atoms with van der Waals surface area (Å²) in [6.45, 7) is 3.84. The number of nitrogens with zero attached hydrogens (tertiary/aromatic N) is 2. The van der Waals surface area contributed by atoms with Gasteiger partial charge in [-0.2, -0.15) is 5.10 Å². The summed E-state index contributed by atoms with van der Waals surface area (Å²) < 4.78 is 12.4. The molecule has 1 aromatic heterocycles. The number of rotatable bonds is 4. The summed E-state index contributed by atoms with van der Waals surface area (Å²) in [6.07, 6.45) is 6.52. The molecule has 0 N–H and O–H groups in total. The Labute approximate surface area is 101 Å². The Morgan fingerprint density at radius 1 is 1.65 bits per heavy atom. The maximum absolute atomic E-state index is 11.7. The SMILES string of the molecule is CCn1cc(C(=O)OCC2CCCCO2)cn1. The van der Waals surface area contributed by atoms with E-state index in [-0.39, 0.29) is 12.1 Å². The average Bonchev–Trinajstić information content (AvgIpc) is 2.86.